The van der Waals surface area contributed by atoms with Crippen LogP contribution in [0.15, 0.2) is 59.7 Å². The van der Waals surface area contributed by atoms with Crippen molar-refractivity contribution < 1.29 is 19.2 Å². The van der Waals surface area contributed by atoms with Crippen LogP contribution in [0.4, 0.5) is 5.69 Å². The van der Waals surface area contributed by atoms with E-state index in [0.717, 1.165) is 9.13 Å². The van der Waals surface area contributed by atoms with Gasteiger partial charge in [0.25, 0.3) is 11.6 Å². The fourth-order valence-electron chi connectivity index (χ4n) is 2.71. The number of hydrazone groups is 1. The number of nitrogens with one attached hydrogen (secondary N) is 1. The van der Waals surface area contributed by atoms with Crippen molar-refractivity contribution in [3.8, 4) is 11.5 Å². The number of ether oxygens (including phenoxy) is 2. The van der Waals surface area contributed by atoms with Gasteiger partial charge in [0.15, 0.2) is 11.5 Å². The summed E-state index contributed by atoms with van der Waals surface area (Å²) < 4.78 is 12.1. The third-order valence-corrected chi connectivity index (χ3v) is 5.75. The van der Waals surface area contributed by atoms with Crippen LogP contribution in [0.2, 0.25) is 10.0 Å². The van der Waals surface area contributed by atoms with Gasteiger partial charge in [-0.05, 0) is 64.6 Å². The molecule has 11 heteroatoms. The number of methoxy groups -OCH3 is 1. The lowest BCUT2D eigenvalue weighted by Crippen LogP contribution is -2.17. The number of carbonyl (C=O) groups excluding carboxylic acids is 1. The maximum atomic E-state index is 12.2. The molecule has 0 heterocycles. The molecule has 0 aromatic heterocycles. The van der Waals surface area contributed by atoms with Gasteiger partial charge in [0, 0.05) is 33.3 Å². The number of halogens is 3. The third-order valence-electron chi connectivity index (χ3n) is 4.36. The topological polar surface area (TPSA) is 103 Å². The molecule has 0 unspecified atom stereocenters. The molecule has 3 aromatic rings. The lowest BCUT2D eigenvalue weighted by molar-refractivity contribution is -0.384. The highest BCUT2D eigenvalue weighted by molar-refractivity contribution is 14.1. The highest BCUT2D eigenvalue weighted by atomic mass is 127. The van der Waals surface area contributed by atoms with Gasteiger partial charge in [-0.3, -0.25) is 14.9 Å². The largest absolute Gasteiger partial charge is 0.493 e. The molecule has 0 fully saturated rings. The summed E-state index contributed by atoms with van der Waals surface area (Å²) in [4.78, 5) is 22.3. The Labute approximate surface area is 212 Å². The van der Waals surface area contributed by atoms with Crippen molar-refractivity contribution in [1.82, 2.24) is 5.43 Å². The van der Waals surface area contributed by atoms with E-state index in [2.05, 4.69) is 33.1 Å². The Hall–Kier alpha value is -2.89. The first kappa shape index (κ1) is 24.7. The zero-order valence-electron chi connectivity index (χ0n) is 17.1. The van der Waals surface area contributed by atoms with Crippen molar-refractivity contribution in [1.29, 1.82) is 0 Å². The van der Waals surface area contributed by atoms with Crippen molar-refractivity contribution >= 4 is 63.6 Å². The van der Waals surface area contributed by atoms with Crippen LogP contribution < -0.4 is 14.9 Å². The monoisotopic (exact) mass is 599 g/mol. The number of amides is 1. The van der Waals surface area contributed by atoms with Gasteiger partial charge in [0.2, 0.25) is 0 Å². The summed E-state index contributed by atoms with van der Waals surface area (Å²) in [5, 5.41) is 15.7. The molecule has 0 atom stereocenters. The lowest BCUT2D eigenvalue weighted by atomic mass is 10.2. The Morgan fingerprint density at radius 3 is 2.55 bits per heavy atom. The van der Waals surface area contributed by atoms with E-state index < -0.39 is 10.8 Å². The Kier molecular flexibility index (Phi) is 8.48. The molecule has 1 amide bonds. The van der Waals surface area contributed by atoms with Crippen molar-refractivity contribution in [2.45, 2.75) is 6.61 Å². The molecule has 0 radical (unpaired) electrons. The lowest BCUT2D eigenvalue weighted by Gasteiger charge is -2.14. The minimum absolute atomic E-state index is 0.0997. The van der Waals surface area contributed by atoms with Crippen LogP contribution in [0.1, 0.15) is 21.5 Å². The molecule has 1 N–H and O–H groups in total. The molecule has 8 nitrogen and oxygen atoms in total. The minimum Gasteiger partial charge on any atom is -0.493 e. The third kappa shape index (κ3) is 6.56. The SMILES string of the molecule is COc1cc(/C=N/NC(=O)c2ccc([N+](=O)[O-])cc2)cc(I)c1OCc1ccc(Cl)cc1Cl. The van der Waals surface area contributed by atoms with Crippen LogP contribution in [0, 0.1) is 13.7 Å². The van der Waals surface area contributed by atoms with Crippen LogP contribution in [-0.2, 0) is 6.61 Å². The summed E-state index contributed by atoms with van der Waals surface area (Å²) in [5.74, 6) is 0.522. The number of benzene rings is 3. The Balaban J connectivity index is 1.68. The van der Waals surface area contributed by atoms with E-state index in [1.54, 1.807) is 24.3 Å². The summed E-state index contributed by atoms with van der Waals surface area (Å²) in [5.41, 5.74) is 3.97. The first-order chi connectivity index (χ1) is 15.8. The van der Waals surface area contributed by atoms with Crippen LogP contribution >= 0.6 is 45.8 Å². The van der Waals surface area contributed by atoms with Crippen LogP contribution in [-0.4, -0.2) is 24.2 Å². The van der Waals surface area contributed by atoms with Gasteiger partial charge >= 0.3 is 0 Å². The van der Waals surface area contributed by atoms with Gasteiger partial charge in [-0.1, -0.05) is 29.3 Å². The number of rotatable bonds is 8. The molecule has 0 bridgehead atoms. The Morgan fingerprint density at radius 2 is 1.91 bits per heavy atom. The van der Waals surface area contributed by atoms with Gasteiger partial charge in [-0.25, -0.2) is 5.43 Å². The number of hydrogen-bond donors (Lipinski definition) is 1. The van der Waals surface area contributed by atoms with Crippen LogP contribution in [0.5, 0.6) is 11.5 Å². The highest BCUT2D eigenvalue weighted by Crippen LogP contribution is 2.35. The second-order valence-electron chi connectivity index (χ2n) is 6.56. The molecule has 33 heavy (non-hydrogen) atoms. The van der Waals surface area contributed by atoms with Gasteiger partial charge in [-0.15, -0.1) is 0 Å². The maximum Gasteiger partial charge on any atom is 0.271 e. The molecule has 170 valence electrons. The molecule has 0 spiro atoms. The molecular formula is C22H16Cl2IN3O5. The normalized spacial score (nSPS) is 10.8. The molecule has 0 saturated heterocycles. The van der Waals surface area contributed by atoms with E-state index in [1.165, 1.54) is 37.6 Å². The highest BCUT2D eigenvalue weighted by Gasteiger charge is 2.13. The maximum absolute atomic E-state index is 12.2. The molecule has 0 aliphatic carbocycles. The first-order valence-corrected chi connectivity index (χ1v) is 11.1. The molecular weight excluding hydrogens is 584 g/mol. The summed E-state index contributed by atoms with van der Waals surface area (Å²) in [7, 11) is 1.52. The van der Waals surface area contributed by atoms with Gasteiger partial charge in [-0.2, -0.15) is 5.10 Å². The van der Waals surface area contributed by atoms with Crippen LogP contribution in [0.25, 0.3) is 0 Å². The minimum atomic E-state index is -0.535. The van der Waals surface area contributed by atoms with Crippen molar-refractivity contribution in [2.24, 2.45) is 5.10 Å². The van der Waals surface area contributed by atoms with E-state index in [1.807, 2.05) is 6.07 Å². The molecule has 0 aliphatic heterocycles. The van der Waals surface area contributed by atoms with E-state index >= 15 is 0 Å². The van der Waals surface area contributed by atoms with Crippen molar-refractivity contribution in [3.05, 3.63) is 95.0 Å². The fourth-order valence-corrected chi connectivity index (χ4v) is 3.95. The number of non-ortho nitro benzene ring substituents is 1. The zero-order chi connectivity index (χ0) is 24.0. The standard InChI is InChI=1S/C22H16Cl2IN3O5/c1-32-20-9-13(11-26-27-22(29)14-3-6-17(7-4-14)28(30)31)8-19(25)21(20)33-12-15-2-5-16(23)10-18(15)24/h2-11H,12H2,1H3,(H,27,29)/b26-11+. The zero-order valence-corrected chi connectivity index (χ0v) is 20.7. The summed E-state index contributed by atoms with van der Waals surface area (Å²) in [6, 6.07) is 13.9. The van der Waals surface area contributed by atoms with Crippen LogP contribution in [0.3, 0.4) is 0 Å². The van der Waals surface area contributed by atoms with E-state index in [0.29, 0.717) is 27.1 Å². The second-order valence-corrected chi connectivity index (χ2v) is 8.57. The number of nitro benzene ring substituents is 1. The van der Waals surface area contributed by atoms with Gasteiger partial charge in [0.1, 0.15) is 6.61 Å². The van der Waals surface area contributed by atoms with E-state index in [-0.39, 0.29) is 17.9 Å². The predicted octanol–water partition coefficient (Wildman–Crippen LogP) is 5.86. The number of nitrogens with zero attached hydrogens (tertiary/aromatic N) is 2. The Bertz CT molecular complexity index is 1220. The fraction of sp³-hybridized carbons (Fsp3) is 0.0909. The number of nitro groups is 1. The smallest absolute Gasteiger partial charge is 0.271 e. The number of carbonyl (C=O) groups is 1. The average Bonchev–Trinajstić information content (AvgIpc) is 2.79. The van der Waals surface area contributed by atoms with E-state index in [9.17, 15) is 14.9 Å². The predicted molar refractivity (Wildman–Crippen MR) is 135 cm³/mol. The molecule has 0 saturated carbocycles. The summed E-state index contributed by atoms with van der Waals surface area (Å²) >= 11 is 14.2. The van der Waals surface area contributed by atoms with E-state index in [4.69, 9.17) is 32.7 Å². The van der Waals surface area contributed by atoms with Gasteiger partial charge in [0.05, 0.1) is 21.8 Å². The average molecular weight is 600 g/mol. The quantitative estimate of drug-likeness (QED) is 0.151. The van der Waals surface area contributed by atoms with Crippen molar-refractivity contribution in [3.63, 3.8) is 0 Å². The second kappa shape index (κ2) is 11.3. The molecule has 3 rings (SSSR count). The Morgan fingerprint density at radius 1 is 1.18 bits per heavy atom. The first-order valence-electron chi connectivity index (χ1n) is 9.30. The number of hydrogen-bond acceptors (Lipinski definition) is 6. The van der Waals surface area contributed by atoms with Crippen molar-refractivity contribution in [2.75, 3.05) is 7.11 Å². The summed E-state index contributed by atoms with van der Waals surface area (Å²) in [6.45, 7) is 0.223. The molecule has 0 aliphatic rings. The molecule has 3 aromatic carbocycles. The summed E-state index contributed by atoms with van der Waals surface area (Å²) in [6.07, 6.45) is 1.45. The van der Waals surface area contributed by atoms with Gasteiger partial charge < -0.3 is 9.47 Å².